The Morgan fingerprint density at radius 2 is 1.96 bits per heavy atom. The van der Waals surface area contributed by atoms with E-state index >= 15 is 0 Å². The van der Waals surface area contributed by atoms with Gasteiger partial charge in [0.15, 0.2) is 0 Å². The van der Waals surface area contributed by atoms with Gasteiger partial charge in [-0.3, -0.25) is 0 Å². The van der Waals surface area contributed by atoms with Gasteiger partial charge in [0, 0.05) is 6.54 Å². The fraction of sp³-hybridized carbons (Fsp3) is 0.250. The minimum absolute atomic E-state index is 0.254. The second-order valence-corrected chi connectivity index (χ2v) is 5.47. The molecule has 5 heteroatoms. The second-order valence-electron chi connectivity index (χ2n) is 5.47. The summed E-state index contributed by atoms with van der Waals surface area (Å²) in [6, 6.07) is 13.0. The summed E-state index contributed by atoms with van der Waals surface area (Å²) >= 11 is 0. The highest BCUT2D eigenvalue weighted by Gasteiger charge is 2.07. The van der Waals surface area contributed by atoms with E-state index < -0.39 is 0 Å². The van der Waals surface area contributed by atoms with Crippen molar-refractivity contribution in [2.24, 2.45) is 0 Å². The SMILES string of the molecule is C#CCOc1ccc(CCNC(=O)Nc2ccc(C)cc2OC)cc1. The van der Waals surface area contributed by atoms with Gasteiger partial charge in [0.1, 0.15) is 18.1 Å². The third-order valence-electron chi connectivity index (χ3n) is 3.55. The van der Waals surface area contributed by atoms with Crippen molar-refractivity contribution in [1.29, 1.82) is 0 Å². The molecule has 2 aromatic carbocycles. The lowest BCUT2D eigenvalue weighted by Crippen LogP contribution is -2.30. The van der Waals surface area contributed by atoms with Crippen molar-refractivity contribution < 1.29 is 14.3 Å². The first-order valence-corrected chi connectivity index (χ1v) is 7.97. The lowest BCUT2D eigenvalue weighted by molar-refractivity contribution is 0.252. The number of carbonyl (C=O) groups is 1. The molecule has 0 fully saturated rings. The maximum atomic E-state index is 12.0. The van der Waals surface area contributed by atoms with E-state index in [1.54, 1.807) is 7.11 Å². The van der Waals surface area contributed by atoms with Crippen molar-refractivity contribution in [3.05, 3.63) is 53.6 Å². The van der Waals surface area contributed by atoms with Gasteiger partial charge in [0.25, 0.3) is 0 Å². The predicted molar refractivity (Wildman–Crippen MR) is 99.2 cm³/mol. The zero-order valence-electron chi connectivity index (χ0n) is 14.5. The zero-order chi connectivity index (χ0) is 18.1. The van der Waals surface area contributed by atoms with Crippen LogP contribution in [0.15, 0.2) is 42.5 Å². The number of ether oxygens (including phenoxy) is 2. The zero-order valence-corrected chi connectivity index (χ0v) is 14.5. The molecule has 0 aliphatic carbocycles. The lowest BCUT2D eigenvalue weighted by Gasteiger charge is -2.12. The fourth-order valence-electron chi connectivity index (χ4n) is 2.27. The van der Waals surface area contributed by atoms with Crippen LogP contribution in [0.4, 0.5) is 10.5 Å². The summed E-state index contributed by atoms with van der Waals surface area (Å²) in [5.41, 5.74) is 2.80. The summed E-state index contributed by atoms with van der Waals surface area (Å²) in [6.07, 6.45) is 5.87. The standard InChI is InChI=1S/C20H22N2O3/c1-4-13-25-17-8-6-16(7-9-17)11-12-21-20(23)22-18-10-5-15(2)14-19(18)24-3/h1,5-10,14H,11-13H2,2-3H3,(H2,21,22,23). The molecule has 2 aromatic rings. The molecule has 25 heavy (non-hydrogen) atoms. The van der Waals surface area contributed by atoms with Gasteiger partial charge in [-0.15, -0.1) is 6.42 Å². The third kappa shape index (κ3) is 5.78. The van der Waals surface area contributed by atoms with Crippen LogP contribution in [0.25, 0.3) is 0 Å². The molecule has 0 aromatic heterocycles. The van der Waals surface area contributed by atoms with Crippen LogP contribution in [0, 0.1) is 19.3 Å². The van der Waals surface area contributed by atoms with Gasteiger partial charge in [0.05, 0.1) is 12.8 Å². The summed E-state index contributed by atoms with van der Waals surface area (Å²) in [5, 5.41) is 5.62. The maximum Gasteiger partial charge on any atom is 0.319 e. The summed E-state index contributed by atoms with van der Waals surface area (Å²) in [7, 11) is 1.58. The van der Waals surface area contributed by atoms with Crippen molar-refractivity contribution in [2.75, 3.05) is 25.6 Å². The van der Waals surface area contributed by atoms with Gasteiger partial charge < -0.3 is 20.1 Å². The molecule has 2 rings (SSSR count). The molecular formula is C20H22N2O3. The number of amides is 2. The number of nitrogens with one attached hydrogen (secondary N) is 2. The number of methoxy groups -OCH3 is 1. The number of urea groups is 1. The Morgan fingerprint density at radius 3 is 2.64 bits per heavy atom. The van der Waals surface area contributed by atoms with Crippen LogP contribution >= 0.6 is 0 Å². The van der Waals surface area contributed by atoms with Crippen LogP contribution in [0.5, 0.6) is 11.5 Å². The first-order valence-electron chi connectivity index (χ1n) is 7.97. The predicted octanol–water partition coefficient (Wildman–Crippen LogP) is 3.38. The Hall–Kier alpha value is -3.13. The molecule has 0 bridgehead atoms. The molecule has 0 aliphatic heterocycles. The van der Waals surface area contributed by atoms with Crippen molar-refractivity contribution in [3.63, 3.8) is 0 Å². The molecular weight excluding hydrogens is 316 g/mol. The molecule has 0 spiro atoms. The first-order chi connectivity index (χ1) is 12.1. The highest BCUT2D eigenvalue weighted by Crippen LogP contribution is 2.25. The number of rotatable bonds is 7. The number of hydrogen-bond donors (Lipinski definition) is 2. The average Bonchev–Trinajstić information content (AvgIpc) is 2.62. The highest BCUT2D eigenvalue weighted by atomic mass is 16.5. The molecule has 0 radical (unpaired) electrons. The Bertz CT molecular complexity index is 749. The molecule has 5 nitrogen and oxygen atoms in total. The molecule has 0 saturated carbocycles. The van der Waals surface area contributed by atoms with Crippen molar-refractivity contribution in [1.82, 2.24) is 5.32 Å². The molecule has 0 heterocycles. The first kappa shape index (κ1) is 18.2. The van der Waals surface area contributed by atoms with Gasteiger partial charge in [-0.2, -0.15) is 0 Å². The molecule has 0 unspecified atom stereocenters. The summed E-state index contributed by atoms with van der Waals surface area (Å²) in [4.78, 5) is 12.0. The largest absolute Gasteiger partial charge is 0.495 e. The molecule has 0 atom stereocenters. The number of aryl methyl sites for hydroxylation is 1. The van der Waals surface area contributed by atoms with E-state index in [9.17, 15) is 4.79 Å². The van der Waals surface area contributed by atoms with Gasteiger partial charge in [-0.1, -0.05) is 24.1 Å². The Balaban J connectivity index is 1.80. The van der Waals surface area contributed by atoms with Crippen LogP contribution in [0.3, 0.4) is 0 Å². The lowest BCUT2D eigenvalue weighted by atomic mass is 10.1. The van der Waals surface area contributed by atoms with Crippen LogP contribution in [-0.2, 0) is 6.42 Å². The van der Waals surface area contributed by atoms with Crippen molar-refractivity contribution in [3.8, 4) is 23.8 Å². The third-order valence-corrected chi connectivity index (χ3v) is 3.55. The number of terminal acetylenes is 1. The van der Waals surface area contributed by atoms with E-state index in [-0.39, 0.29) is 12.6 Å². The van der Waals surface area contributed by atoms with E-state index in [1.807, 2.05) is 49.4 Å². The number of benzene rings is 2. The summed E-state index contributed by atoms with van der Waals surface area (Å²) in [6.45, 7) is 2.74. The summed E-state index contributed by atoms with van der Waals surface area (Å²) < 4.78 is 10.6. The van der Waals surface area contributed by atoms with E-state index in [0.717, 1.165) is 16.9 Å². The van der Waals surface area contributed by atoms with Gasteiger partial charge in [-0.25, -0.2) is 4.79 Å². The normalized spacial score (nSPS) is 9.80. The molecule has 2 amide bonds. The van der Waals surface area contributed by atoms with Crippen LogP contribution in [0.2, 0.25) is 0 Å². The van der Waals surface area contributed by atoms with Crippen molar-refractivity contribution in [2.45, 2.75) is 13.3 Å². The smallest absolute Gasteiger partial charge is 0.319 e. The molecule has 2 N–H and O–H groups in total. The van der Waals surface area contributed by atoms with Crippen LogP contribution < -0.4 is 20.1 Å². The number of hydrogen-bond acceptors (Lipinski definition) is 3. The van der Waals surface area contributed by atoms with Gasteiger partial charge in [0.2, 0.25) is 0 Å². The Morgan fingerprint density at radius 1 is 1.20 bits per heavy atom. The van der Waals surface area contributed by atoms with Crippen LogP contribution in [0.1, 0.15) is 11.1 Å². The second kappa shape index (κ2) is 9.24. The Kier molecular flexibility index (Phi) is 6.73. The van der Waals surface area contributed by atoms with Crippen LogP contribution in [-0.4, -0.2) is 26.3 Å². The van der Waals surface area contributed by atoms with Gasteiger partial charge >= 0.3 is 6.03 Å². The minimum Gasteiger partial charge on any atom is -0.495 e. The topological polar surface area (TPSA) is 59.6 Å². The van der Waals surface area contributed by atoms with Gasteiger partial charge in [-0.05, 0) is 48.7 Å². The minimum atomic E-state index is -0.267. The van der Waals surface area contributed by atoms with E-state index in [0.29, 0.717) is 24.4 Å². The van der Waals surface area contributed by atoms with E-state index in [4.69, 9.17) is 15.9 Å². The molecule has 130 valence electrons. The quantitative estimate of drug-likeness (QED) is 0.761. The van der Waals surface area contributed by atoms with E-state index in [2.05, 4.69) is 16.6 Å². The summed E-state index contributed by atoms with van der Waals surface area (Å²) in [5.74, 6) is 3.79. The maximum absolute atomic E-state index is 12.0. The Labute approximate surface area is 148 Å². The monoisotopic (exact) mass is 338 g/mol. The van der Waals surface area contributed by atoms with Crippen molar-refractivity contribution >= 4 is 11.7 Å². The fourth-order valence-corrected chi connectivity index (χ4v) is 2.27. The molecule has 0 saturated heterocycles. The number of anilines is 1. The van der Waals surface area contributed by atoms with E-state index in [1.165, 1.54) is 0 Å². The number of carbonyl (C=O) groups excluding carboxylic acids is 1. The molecule has 0 aliphatic rings. The average molecular weight is 338 g/mol. The highest BCUT2D eigenvalue weighted by molar-refractivity contribution is 5.90.